The van der Waals surface area contributed by atoms with E-state index in [0.29, 0.717) is 5.88 Å². The Morgan fingerprint density at radius 1 is 1.00 bits per heavy atom. The monoisotopic (exact) mass is 390 g/mol. The van der Waals surface area contributed by atoms with Crippen molar-refractivity contribution in [3.63, 3.8) is 0 Å². The Balaban J connectivity index is 1.77. The van der Waals surface area contributed by atoms with Crippen LogP contribution in [-0.2, 0) is 0 Å². The van der Waals surface area contributed by atoms with Crippen molar-refractivity contribution < 1.29 is 13.9 Å². The van der Waals surface area contributed by atoms with Gasteiger partial charge in [-0.15, -0.1) is 0 Å². The van der Waals surface area contributed by atoms with Gasteiger partial charge in [0.25, 0.3) is 0 Å². The van der Waals surface area contributed by atoms with Gasteiger partial charge in [-0.05, 0) is 50.2 Å². The molecule has 4 rings (SSSR count). The molecule has 0 saturated heterocycles. The van der Waals surface area contributed by atoms with Crippen molar-refractivity contribution in [2.24, 2.45) is 0 Å². The van der Waals surface area contributed by atoms with E-state index in [2.05, 4.69) is 5.10 Å². The van der Waals surface area contributed by atoms with Gasteiger partial charge >= 0.3 is 5.97 Å². The number of aryl methyl sites for hydroxylation is 2. The van der Waals surface area contributed by atoms with Gasteiger partial charge in [-0.2, -0.15) is 9.78 Å². The number of aromatic nitrogens is 2. The molecule has 0 aliphatic rings. The van der Waals surface area contributed by atoms with E-state index in [1.807, 2.05) is 68.4 Å². The first-order valence-corrected chi connectivity index (χ1v) is 9.59. The van der Waals surface area contributed by atoms with Crippen LogP contribution in [0.25, 0.3) is 5.69 Å². The molecule has 0 N–H and O–H groups in total. The normalized spacial score (nSPS) is 10.8. The van der Waals surface area contributed by atoms with Crippen molar-refractivity contribution in [2.45, 2.75) is 23.6 Å². The summed E-state index contributed by atoms with van der Waals surface area (Å²) in [7, 11) is 0. The molecule has 0 aliphatic heterocycles. The second kappa shape index (κ2) is 7.78. The molecule has 0 spiro atoms. The van der Waals surface area contributed by atoms with Crippen molar-refractivity contribution in [2.75, 3.05) is 0 Å². The highest BCUT2D eigenvalue weighted by atomic mass is 32.2. The summed E-state index contributed by atoms with van der Waals surface area (Å²) in [5, 5.41) is 4.62. The van der Waals surface area contributed by atoms with Crippen LogP contribution >= 0.6 is 11.8 Å². The Hall–Kier alpha value is -3.25. The third-order valence-electron chi connectivity index (χ3n) is 4.12. The summed E-state index contributed by atoms with van der Waals surface area (Å²) in [5.41, 5.74) is 2.77. The molecular weight excluding hydrogens is 372 g/mol. The Morgan fingerprint density at radius 3 is 2.43 bits per heavy atom. The molecule has 4 aromatic rings. The molecule has 0 fully saturated rings. The average molecular weight is 390 g/mol. The van der Waals surface area contributed by atoms with E-state index in [0.717, 1.165) is 21.2 Å². The molecule has 0 unspecified atom stereocenters. The maximum atomic E-state index is 12.6. The fourth-order valence-electron chi connectivity index (χ4n) is 2.70. The van der Waals surface area contributed by atoms with Gasteiger partial charge in [0.05, 0.1) is 22.5 Å². The fraction of sp³-hybridized carbons (Fsp3) is 0.0909. The van der Waals surface area contributed by atoms with Gasteiger partial charge < -0.3 is 9.15 Å². The largest absolute Gasteiger partial charge is 0.457 e. The molecule has 0 aliphatic carbocycles. The topological polar surface area (TPSA) is 57.3 Å². The smallest absolute Gasteiger partial charge is 0.380 e. The number of rotatable bonds is 5. The molecule has 28 heavy (non-hydrogen) atoms. The Kier molecular flexibility index (Phi) is 5.04. The molecule has 0 saturated carbocycles. The number of furan rings is 1. The van der Waals surface area contributed by atoms with E-state index in [4.69, 9.17) is 9.15 Å². The van der Waals surface area contributed by atoms with Crippen LogP contribution in [-0.4, -0.2) is 15.7 Å². The SMILES string of the molecule is Cc1ccc(Sc2c(C)nn(-c3ccccc3)c2OC(=O)c2ccco2)cc1. The van der Waals surface area contributed by atoms with Crippen LogP contribution in [0.1, 0.15) is 21.8 Å². The van der Waals surface area contributed by atoms with E-state index in [-0.39, 0.29) is 5.76 Å². The van der Waals surface area contributed by atoms with Gasteiger partial charge in [-0.1, -0.05) is 47.7 Å². The maximum absolute atomic E-state index is 12.6. The molecule has 140 valence electrons. The second-order valence-corrected chi connectivity index (χ2v) is 7.33. The Labute approximate surface area is 166 Å². The molecule has 6 heteroatoms. The highest BCUT2D eigenvalue weighted by molar-refractivity contribution is 7.99. The highest BCUT2D eigenvalue weighted by Crippen LogP contribution is 2.39. The lowest BCUT2D eigenvalue weighted by Crippen LogP contribution is -2.11. The number of nitrogens with zero attached hydrogens (tertiary/aromatic N) is 2. The van der Waals surface area contributed by atoms with Crippen LogP contribution in [0.3, 0.4) is 0 Å². The maximum Gasteiger partial charge on any atom is 0.380 e. The van der Waals surface area contributed by atoms with Crippen LogP contribution in [0.5, 0.6) is 5.88 Å². The van der Waals surface area contributed by atoms with Crippen LogP contribution in [0.4, 0.5) is 0 Å². The quantitative estimate of drug-likeness (QED) is 0.424. The van der Waals surface area contributed by atoms with Crippen LogP contribution < -0.4 is 4.74 Å². The summed E-state index contributed by atoms with van der Waals surface area (Å²) < 4.78 is 12.6. The summed E-state index contributed by atoms with van der Waals surface area (Å²) in [6, 6.07) is 21.0. The first-order valence-electron chi connectivity index (χ1n) is 8.77. The van der Waals surface area contributed by atoms with Crippen molar-refractivity contribution in [1.82, 2.24) is 9.78 Å². The van der Waals surface area contributed by atoms with Gasteiger partial charge in [-0.3, -0.25) is 0 Å². The number of esters is 1. The zero-order chi connectivity index (χ0) is 19.5. The number of ether oxygens (including phenoxy) is 1. The zero-order valence-corrected chi connectivity index (χ0v) is 16.3. The molecule has 2 heterocycles. The Bertz CT molecular complexity index is 1090. The molecule has 2 aromatic heterocycles. The Morgan fingerprint density at radius 2 is 1.75 bits per heavy atom. The first kappa shape index (κ1) is 18.1. The summed E-state index contributed by atoms with van der Waals surface area (Å²) in [6.45, 7) is 3.95. The van der Waals surface area contributed by atoms with Crippen molar-refractivity contribution >= 4 is 17.7 Å². The molecule has 2 aromatic carbocycles. The van der Waals surface area contributed by atoms with Crippen LogP contribution in [0.2, 0.25) is 0 Å². The summed E-state index contributed by atoms with van der Waals surface area (Å²) in [6.07, 6.45) is 1.44. The van der Waals surface area contributed by atoms with Gasteiger partial charge in [0.1, 0.15) is 0 Å². The molecule has 5 nitrogen and oxygen atoms in total. The highest BCUT2D eigenvalue weighted by Gasteiger charge is 2.23. The standard InChI is InChI=1S/C22H18N2O3S/c1-15-10-12-18(13-11-15)28-20-16(2)23-24(17-7-4-3-5-8-17)21(20)27-22(25)19-9-6-14-26-19/h3-14H,1-2H3. The lowest BCUT2D eigenvalue weighted by Gasteiger charge is -2.09. The van der Waals surface area contributed by atoms with Crippen molar-refractivity contribution in [3.05, 3.63) is 90.0 Å². The summed E-state index contributed by atoms with van der Waals surface area (Å²) in [5.74, 6) is -0.0479. The molecule has 0 amide bonds. The zero-order valence-electron chi connectivity index (χ0n) is 15.5. The number of hydrogen-bond donors (Lipinski definition) is 0. The number of carbonyl (C=O) groups is 1. The summed E-state index contributed by atoms with van der Waals surface area (Å²) in [4.78, 5) is 14.4. The first-order chi connectivity index (χ1) is 13.6. The van der Waals surface area contributed by atoms with E-state index < -0.39 is 5.97 Å². The van der Waals surface area contributed by atoms with E-state index >= 15 is 0 Å². The number of hydrogen-bond acceptors (Lipinski definition) is 5. The minimum Gasteiger partial charge on any atom is -0.457 e. The third kappa shape index (κ3) is 3.73. The van der Waals surface area contributed by atoms with Gasteiger partial charge in [0.2, 0.25) is 11.6 Å². The molecule has 0 radical (unpaired) electrons. The molecular formula is C22H18N2O3S. The van der Waals surface area contributed by atoms with Gasteiger partial charge in [0.15, 0.2) is 0 Å². The molecule has 0 atom stereocenters. The lowest BCUT2D eigenvalue weighted by molar-refractivity contribution is 0.0685. The second-order valence-electron chi connectivity index (χ2n) is 6.25. The minimum atomic E-state index is -0.562. The van der Waals surface area contributed by atoms with Gasteiger partial charge in [-0.25, -0.2) is 4.79 Å². The van der Waals surface area contributed by atoms with Crippen molar-refractivity contribution in [1.29, 1.82) is 0 Å². The van der Waals surface area contributed by atoms with Crippen LogP contribution in [0, 0.1) is 13.8 Å². The number of benzene rings is 2. The fourth-order valence-corrected chi connectivity index (χ4v) is 3.61. The molecule has 0 bridgehead atoms. The van der Waals surface area contributed by atoms with E-state index in [1.54, 1.807) is 16.8 Å². The third-order valence-corrected chi connectivity index (χ3v) is 5.30. The van der Waals surface area contributed by atoms with E-state index in [9.17, 15) is 4.79 Å². The number of para-hydroxylation sites is 1. The van der Waals surface area contributed by atoms with Crippen LogP contribution in [0.15, 0.2) is 87.2 Å². The predicted octanol–water partition coefficient (Wildman–Crippen LogP) is 5.45. The minimum absolute atomic E-state index is 0.143. The predicted molar refractivity (Wildman–Crippen MR) is 107 cm³/mol. The number of carbonyl (C=O) groups excluding carboxylic acids is 1. The van der Waals surface area contributed by atoms with Gasteiger partial charge in [0, 0.05) is 4.90 Å². The van der Waals surface area contributed by atoms with E-state index in [1.165, 1.54) is 23.6 Å². The lowest BCUT2D eigenvalue weighted by atomic mass is 10.2. The summed E-state index contributed by atoms with van der Waals surface area (Å²) >= 11 is 1.51. The average Bonchev–Trinajstić information content (AvgIpc) is 3.34. The van der Waals surface area contributed by atoms with Crippen molar-refractivity contribution in [3.8, 4) is 11.6 Å².